The lowest BCUT2D eigenvalue weighted by atomic mass is 10.1. The van der Waals surface area contributed by atoms with E-state index in [1.165, 1.54) is 0 Å². The molecule has 0 saturated heterocycles. The Kier molecular flexibility index (Phi) is 5.18. The fourth-order valence-corrected chi connectivity index (χ4v) is 1.79. The number of nitrogens with zero attached hydrogens (tertiary/aromatic N) is 3. The van der Waals surface area contributed by atoms with Crippen LogP contribution in [0, 0.1) is 0 Å². The van der Waals surface area contributed by atoms with Gasteiger partial charge in [0, 0.05) is 12.0 Å². The lowest BCUT2D eigenvalue weighted by molar-refractivity contribution is -0.123. The fraction of sp³-hybridized carbons (Fsp3) is 0.357. The number of H-pyrrole nitrogens is 1. The summed E-state index contributed by atoms with van der Waals surface area (Å²) in [5.74, 6) is 0.690. The van der Waals surface area contributed by atoms with Gasteiger partial charge in [-0.25, -0.2) is 0 Å². The van der Waals surface area contributed by atoms with Crippen LogP contribution in [0.2, 0.25) is 0 Å². The first-order chi connectivity index (χ1) is 10.6. The molecule has 1 amide bonds. The van der Waals surface area contributed by atoms with E-state index in [1.54, 1.807) is 31.2 Å². The average molecular weight is 303 g/mol. The maximum Gasteiger partial charge on any atom is 0.258 e. The molecule has 22 heavy (non-hydrogen) atoms. The summed E-state index contributed by atoms with van der Waals surface area (Å²) in [5.41, 5.74) is 0.630. The van der Waals surface area contributed by atoms with E-state index in [4.69, 9.17) is 4.74 Å². The van der Waals surface area contributed by atoms with Gasteiger partial charge in [0.05, 0.1) is 6.04 Å². The number of aromatic amines is 1. The highest BCUT2D eigenvalue weighted by atomic mass is 16.5. The molecular weight excluding hydrogens is 286 g/mol. The number of ketones is 1. The topological polar surface area (TPSA) is 110 Å². The van der Waals surface area contributed by atoms with E-state index in [0.717, 1.165) is 0 Å². The van der Waals surface area contributed by atoms with Crippen LogP contribution in [0.1, 0.15) is 42.5 Å². The van der Waals surface area contributed by atoms with Gasteiger partial charge in [-0.1, -0.05) is 12.1 Å². The van der Waals surface area contributed by atoms with Crippen LogP contribution in [-0.4, -0.2) is 38.9 Å². The van der Waals surface area contributed by atoms with E-state index in [1.807, 2.05) is 6.92 Å². The maximum absolute atomic E-state index is 11.8. The van der Waals surface area contributed by atoms with Crippen LogP contribution in [0.25, 0.3) is 0 Å². The van der Waals surface area contributed by atoms with E-state index in [-0.39, 0.29) is 24.3 Å². The van der Waals surface area contributed by atoms with Crippen LogP contribution >= 0.6 is 0 Å². The van der Waals surface area contributed by atoms with E-state index in [9.17, 15) is 9.59 Å². The molecule has 0 saturated carbocycles. The Morgan fingerprint density at radius 3 is 2.64 bits per heavy atom. The minimum atomic E-state index is -0.362. The molecule has 0 spiro atoms. The molecule has 0 radical (unpaired) electrons. The van der Waals surface area contributed by atoms with Crippen molar-refractivity contribution in [2.45, 2.75) is 26.3 Å². The van der Waals surface area contributed by atoms with Crippen LogP contribution in [0.4, 0.5) is 0 Å². The lowest BCUT2D eigenvalue weighted by Crippen LogP contribution is -2.31. The Labute approximate surface area is 127 Å². The van der Waals surface area contributed by atoms with Crippen LogP contribution in [0.15, 0.2) is 24.3 Å². The summed E-state index contributed by atoms with van der Waals surface area (Å²) in [5, 5.41) is 16.0. The molecule has 8 nitrogen and oxygen atoms in total. The molecule has 0 unspecified atom stereocenters. The van der Waals surface area contributed by atoms with Crippen molar-refractivity contribution in [2.75, 3.05) is 6.61 Å². The third kappa shape index (κ3) is 4.11. The molecule has 2 N–H and O–H groups in total. The van der Waals surface area contributed by atoms with Gasteiger partial charge in [-0.15, -0.1) is 10.2 Å². The molecule has 1 aromatic carbocycles. The van der Waals surface area contributed by atoms with E-state index >= 15 is 0 Å². The minimum absolute atomic E-state index is 0.0678. The number of benzene rings is 1. The monoisotopic (exact) mass is 303 g/mol. The number of ether oxygens (including phenoxy) is 1. The van der Waals surface area contributed by atoms with Gasteiger partial charge < -0.3 is 10.1 Å². The van der Waals surface area contributed by atoms with Crippen molar-refractivity contribution >= 4 is 11.7 Å². The summed E-state index contributed by atoms with van der Waals surface area (Å²) in [6.07, 6.45) is 0.455. The lowest BCUT2D eigenvalue weighted by Gasteiger charge is -2.11. The number of nitrogens with one attached hydrogen (secondary N) is 2. The summed E-state index contributed by atoms with van der Waals surface area (Å²) >= 11 is 0. The summed E-state index contributed by atoms with van der Waals surface area (Å²) in [6, 6.07) is 6.33. The van der Waals surface area contributed by atoms with Crippen LogP contribution in [-0.2, 0) is 4.79 Å². The first kappa shape index (κ1) is 15.6. The molecule has 0 aliphatic carbocycles. The van der Waals surface area contributed by atoms with Crippen LogP contribution in [0.3, 0.4) is 0 Å². The van der Waals surface area contributed by atoms with E-state index in [0.29, 0.717) is 23.6 Å². The number of Topliss-reactive ketones (excluding diaryl/α,β-unsaturated/α-hetero) is 1. The Bertz CT molecular complexity index is 624. The largest absolute Gasteiger partial charge is 0.484 e. The Hall–Kier alpha value is -2.77. The molecule has 1 heterocycles. The number of amides is 1. The third-order valence-corrected chi connectivity index (χ3v) is 2.99. The second-order valence-electron chi connectivity index (χ2n) is 4.65. The van der Waals surface area contributed by atoms with Crippen molar-refractivity contribution in [1.29, 1.82) is 0 Å². The average Bonchev–Trinajstić information content (AvgIpc) is 3.07. The number of hydrogen-bond donors (Lipinski definition) is 2. The van der Waals surface area contributed by atoms with Crippen molar-refractivity contribution < 1.29 is 14.3 Å². The summed E-state index contributed by atoms with van der Waals surface area (Å²) in [7, 11) is 0. The standard InChI is InChI=1S/C14H17N5O3/c1-3-12(20)10-4-6-11(7-5-10)22-8-13(21)15-9(2)14-16-18-19-17-14/h4-7,9H,3,8H2,1-2H3,(H,15,21)(H,16,17,18,19)/t9-/m0/s1. The predicted octanol–water partition coefficient (Wildman–Crippen LogP) is 1.05. The van der Waals surface area contributed by atoms with Crippen LogP contribution in [0.5, 0.6) is 5.75 Å². The van der Waals surface area contributed by atoms with E-state index < -0.39 is 0 Å². The normalized spacial score (nSPS) is 11.7. The molecule has 2 aromatic rings. The predicted molar refractivity (Wildman–Crippen MR) is 77.3 cm³/mol. The molecular formula is C14H17N5O3. The number of hydrogen-bond acceptors (Lipinski definition) is 6. The van der Waals surface area contributed by atoms with Gasteiger partial charge in [-0.3, -0.25) is 9.59 Å². The fourth-order valence-electron chi connectivity index (χ4n) is 1.79. The van der Waals surface area contributed by atoms with Gasteiger partial charge in [0.2, 0.25) is 0 Å². The van der Waals surface area contributed by atoms with Crippen LogP contribution < -0.4 is 10.1 Å². The molecule has 1 aromatic heterocycles. The Morgan fingerprint density at radius 1 is 1.32 bits per heavy atom. The first-order valence-electron chi connectivity index (χ1n) is 6.89. The molecule has 8 heteroatoms. The molecule has 0 aliphatic rings. The number of tetrazole rings is 1. The van der Waals surface area contributed by atoms with Gasteiger partial charge in [-0.2, -0.15) is 5.21 Å². The first-order valence-corrected chi connectivity index (χ1v) is 6.89. The summed E-state index contributed by atoms with van der Waals surface area (Å²) in [6.45, 7) is 3.42. The smallest absolute Gasteiger partial charge is 0.258 e. The number of aromatic nitrogens is 4. The molecule has 0 aliphatic heterocycles. The number of rotatable bonds is 7. The van der Waals surface area contributed by atoms with Gasteiger partial charge >= 0.3 is 0 Å². The van der Waals surface area contributed by atoms with Crippen molar-refractivity contribution in [2.24, 2.45) is 0 Å². The third-order valence-electron chi connectivity index (χ3n) is 2.99. The van der Waals surface area contributed by atoms with Crippen molar-refractivity contribution in [3.8, 4) is 5.75 Å². The Balaban J connectivity index is 1.82. The summed E-state index contributed by atoms with van der Waals surface area (Å²) < 4.78 is 5.37. The maximum atomic E-state index is 11.8. The second kappa shape index (κ2) is 7.30. The quantitative estimate of drug-likeness (QED) is 0.740. The minimum Gasteiger partial charge on any atom is -0.484 e. The van der Waals surface area contributed by atoms with E-state index in [2.05, 4.69) is 25.9 Å². The zero-order valence-corrected chi connectivity index (χ0v) is 12.4. The molecule has 2 rings (SSSR count). The van der Waals surface area contributed by atoms with Crippen molar-refractivity contribution in [3.63, 3.8) is 0 Å². The SMILES string of the molecule is CCC(=O)c1ccc(OCC(=O)N[C@@H](C)c2nn[nH]n2)cc1. The van der Waals surface area contributed by atoms with Crippen molar-refractivity contribution in [1.82, 2.24) is 25.9 Å². The van der Waals surface area contributed by atoms with Crippen molar-refractivity contribution in [3.05, 3.63) is 35.7 Å². The zero-order valence-electron chi connectivity index (χ0n) is 12.4. The van der Waals surface area contributed by atoms with Gasteiger partial charge in [0.1, 0.15) is 5.75 Å². The number of carbonyl (C=O) groups is 2. The molecule has 1 atom stereocenters. The Morgan fingerprint density at radius 2 is 2.05 bits per heavy atom. The summed E-state index contributed by atoms with van der Waals surface area (Å²) in [4.78, 5) is 23.3. The molecule has 116 valence electrons. The number of carbonyl (C=O) groups excluding carboxylic acids is 2. The molecule has 0 fully saturated rings. The second-order valence-corrected chi connectivity index (χ2v) is 4.65. The highest BCUT2D eigenvalue weighted by molar-refractivity contribution is 5.95. The van der Waals surface area contributed by atoms with Gasteiger partial charge in [0.25, 0.3) is 5.91 Å². The van der Waals surface area contributed by atoms with Gasteiger partial charge in [-0.05, 0) is 31.2 Å². The highest BCUT2D eigenvalue weighted by Crippen LogP contribution is 2.13. The zero-order chi connectivity index (χ0) is 15.9. The highest BCUT2D eigenvalue weighted by Gasteiger charge is 2.13. The molecule has 0 bridgehead atoms. The van der Waals surface area contributed by atoms with Gasteiger partial charge in [0.15, 0.2) is 18.2 Å².